The van der Waals surface area contributed by atoms with Crippen molar-refractivity contribution in [1.29, 1.82) is 0 Å². The van der Waals surface area contributed by atoms with Crippen LogP contribution < -0.4 is 5.32 Å². The summed E-state index contributed by atoms with van der Waals surface area (Å²) >= 11 is 0. The summed E-state index contributed by atoms with van der Waals surface area (Å²) in [6, 6.07) is 9.71. The fourth-order valence-electron chi connectivity index (χ4n) is 2.97. The van der Waals surface area contributed by atoms with Crippen molar-refractivity contribution >= 4 is 16.7 Å². The van der Waals surface area contributed by atoms with Gasteiger partial charge in [-0.3, -0.25) is 9.00 Å². The molecule has 3 nitrogen and oxygen atoms in total. The fraction of sp³-hybridized carbons (Fsp3) is 0.588. The zero-order chi connectivity index (χ0) is 15.1. The molecule has 0 aliphatic heterocycles. The molecule has 21 heavy (non-hydrogen) atoms. The SMILES string of the molecule is C[S@@](=O)C[C@@H](NC(=O)C1CCCCCC1)c1ccccc1. The molecule has 0 aromatic heterocycles. The van der Waals surface area contributed by atoms with E-state index in [1.807, 2.05) is 30.3 Å². The third-order valence-electron chi connectivity index (χ3n) is 4.15. The van der Waals surface area contributed by atoms with Gasteiger partial charge >= 0.3 is 0 Å². The lowest BCUT2D eigenvalue weighted by atomic mass is 9.98. The molecule has 0 saturated heterocycles. The highest BCUT2D eigenvalue weighted by Gasteiger charge is 2.23. The van der Waals surface area contributed by atoms with Crippen molar-refractivity contribution in [2.24, 2.45) is 5.92 Å². The minimum Gasteiger partial charge on any atom is -0.348 e. The van der Waals surface area contributed by atoms with E-state index in [0.29, 0.717) is 5.75 Å². The zero-order valence-electron chi connectivity index (χ0n) is 12.7. The van der Waals surface area contributed by atoms with Crippen molar-refractivity contribution in [3.05, 3.63) is 35.9 Å². The summed E-state index contributed by atoms with van der Waals surface area (Å²) in [5.41, 5.74) is 1.04. The third kappa shape index (κ3) is 5.27. The van der Waals surface area contributed by atoms with E-state index < -0.39 is 10.8 Å². The molecule has 1 N–H and O–H groups in total. The molecule has 116 valence electrons. The number of nitrogens with one attached hydrogen (secondary N) is 1. The summed E-state index contributed by atoms with van der Waals surface area (Å²) < 4.78 is 11.6. The van der Waals surface area contributed by atoms with Gasteiger partial charge in [-0.25, -0.2) is 0 Å². The van der Waals surface area contributed by atoms with Gasteiger partial charge in [-0.1, -0.05) is 56.0 Å². The number of carbonyl (C=O) groups excluding carboxylic acids is 1. The maximum atomic E-state index is 12.5. The van der Waals surface area contributed by atoms with E-state index in [0.717, 1.165) is 31.2 Å². The maximum absolute atomic E-state index is 12.5. The van der Waals surface area contributed by atoms with Crippen LogP contribution in [0.3, 0.4) is 0 Å². The molecule has 1 saturated carbocycles. The Morgan fingerprint density at radius 3 is 2.38 bits per heavy atom. The van der Waals surface area contributed by atoms with Gasteiger partial charge in [0.05, 0.1) is 6.04 Å². The topological polar surface area (TPSA) is 46.2 Å². The molecular formula is C17H25NO2S. The van der Waals surface area contributed by atoms with Crippen molar-refractivity contribution in [3.8, 4) is 0 Å². The Morgan fingerprint density at radius 1 is 1.19 bits per heavy atom. The van der Waals surface area contributed by atoms with Crippen LogP contribution >= 0.6 is 0 Å². The van der Waals surface area contributed by atoms with Crippen LogP contribution in [0.15, 0.2) is 30.3 Å². The van der Waals surface area contributed by atoms with Gasteiger partial charge in [0.2, 0.25) is 5.91 Å². The second kappa shape index (κ2) is 8.32. The molecule has 1 aromatic rings. The molecule has 1 fully saturated rings. The van der Waals surface area contributed by atoms with Crippen LogP contribution in [0.5, 0.6) is 0 Å². The van der Waals surface area contributed by atoms with Crippen LogP contribution in [-0.2, 0) is 15.6 Å². The Labute approximate surface area is 130 Å². The van der Waals surface area contributed by atoms with Crippen molar-refractivity contribution in [2.45, 2.75) is 44.6 Å². The van der Waals surface area contributed by atoms with E-state index in [-0.39, 0.29) is 17.9 Å². The predicted molar refractivity (Wildman–Crippen MR) is 87.5 cm³/mol. The average Bonchev–Trinajstić information content (AvgIpc) is 2.76. The quantitative estimate of drug-likeness (QED) is 0.849. The number of hydrogen-bond donors (Lipinski definition) is 1. The largest absolute Gasteiger partial charge is 0.348 e. The highest BCUT2D eigenvalue weighted by atomic mass is 32.2. The van der Waals surface area contributed by atoms with E-state index in [2.05, 4.69) is 5.32 Å². The van der Waals surface area contributed by atoms with Crippen molar-refractivity contribution < 1.29 is 9.00 Å². The first-order valence-corrected chi connectivity index (χ1v) is 9.55. The lowest BCUT2D eigenvalue weighted by Gasteiger charge is -2.22. The van der Waals surface area contributed by atoms with Gasteiger partial charge in [0.25, 0.3) is 0 Å². The molecule has 0 bridgehead atoms. The molecule has 1 amide bonds. The molecular weight excluding hydrogens is 282 g/mol. The highest BCUT2D eigenvalue weighted by Crippen LogP contribution is 2.24. The van der Waals surface area contributed by atoms with E-state index in [1.165, 1.54) is 12.8 Å². The van der Waals surface area contributed by atoms with E-state index in [1.54, 1.807) is 6.26 Å². The van der Waals surface area contributed by atoms with E-state index >= 15 is 0 Å². The van der Waals surface area contributed by atoms with Crippen LogP contribution in [0.4, 0.5) is 0 Å². The van der Waals surface area contributed by atoms with Crippen LogP contribution in [-0.4, -0.2) is 22.1 Å². The lowest BCUT2D eigenvalue weighted by molar-refractivity contribution is -0.126. The predicted octanol–water partition coefficient (Wildman–Crippen LogP) is 3.19. The van der Waals surface area contributed by atoms with Gasteiger partial charge < -0.3 is 5.32 Å². The van der Waals surface area contributed by atoms with Gasteiger partial charge in [0.15, 0.2) is 0 Å². The Balaban J connectivity index is 2.03. The van der Waals surface area contributed by atoms with Crippen molar-refractivity contribution in [2.75, 3.05) is 12.0 Å². The molecule has 0 unspecified atom stereocenters. The molecule has 0 heterocycles. The number of amides is 1. The normalized spacial score (nSPS) is 19.5. The number of benzene rings is 1. The third-order valence-corrected chi connectivity index (χ3v) is 4.95. The van der Waals surface area contributed by atoms with Gasteiger partial charge in [0.1, 0.15) is 0 Å². The van der Waals surface area contributed by atoms with Crippen molar-refractivity contribution in [1.82, 2.24) is 5.32 Å². The first-order chi connectivity index (χ1) is 10.2. The van der Waals surface area contributed by atoms with Gasteiger partial charge in [-0.2, -0.15) is 0 Å². The van der Waals surface area contributed by atoms with Crippen LogP contribution in [0, 0.1) is 5.92 Å². The van der Waals surface area contributed by atoms with E-state index in [4.69, 9.17) is 0 Å². The molecule has 2 rings (SSSR count). The summed E-state index contributed by atoms with van der Waals surface area (Å²) in [7, 11) is -0.936. The Morgan fingerprint density at radius 2 is 1.81 bits per heavy atom. The maximum Gasteiger partial charge on any atom is 0.223 e. The highest BCUT2D eigenvalue weighted by molar-refractivity contribution is 7.84. The molecule has 1 aliphatic rings. The molecule has 1 aliphatic carbocycles. The fourth-order valence-corrected chi connectivity index (χ4v) is 3.72. The standard InChI is InChI=1S/C17H25NO2S/c1-21(20)13-16(14-9-7-4-8-10-14)18-17(19)15-11-5-2-3-6-12-15/h4,7-10,15-16H,2-3,5-6,11-13H2,1H3,(H,18,19)/t16-,21-/m1/s1. The Kier molecular flexibility index (Phi) is 6.43. The van der Waals surface area contributed by atoms with Gasteiger partial charge in [0, 0.05) is 28.7 Å². The Hall–Kier alpha value is -1.16. The monoisotopic (exact) mass is 307 g/mol. The smallest absolute Gasteiger partial charge is 0.223 e. The average molecular weight is 307 g/mol. The zero-order valence-corrected chi connectivity index (χ0v) is 13.5. The van der Waals surface area contributed by atoms with Crippen LogP contribution in [0.2, 0.25) is 0 Å². The number of hydrogen-bond acceptors (Lipinski definition) is 2. The number of rotatable bonds is 5. The Bertz CT molecular complexity index is 467. The minimum absolute atomic E-state index is 0.129. The van der Waals surface area contributed by atoms with Crippen LogP contribution in [0.1, 0.15) is 50.1 Å². The molecule has 0 radical (unpaired) electrons. The summed E-state index contributed by atoms with van der Waals surface area (Å²) in [6.45, 7) is 0. The second-order valence-electron chi connectivity index (χ2n) is 5.90. The summed E-state index contributed by atoms with van der Waals surface area (Å²) in [6.07, 6.45) is 8.44. The van der Waals surface area contributed by atoms with Crippen LogP contribution in [0.25, 0.3) is 0 Å². The van der Waals surface area contributed by atoms with Crippen molar-refractivity contribution in [3.63, 3.8) is 0 Å². The first-order valence-electron chi connectivity index (χ1n) is 7.82. The summed E-state index contributed by atoms with van der Waals surface area (Å²) in [4.78, 5) is 12.5. The minimum atomic E-state index is -0.936. The molecule has 0 spiro atoms. The van der Waals surface area contributed by atoms with E-state index in [9.17, 15) is 9.00 Å². The number of carbonyl (C=O) groups is 1. The first kappa shape index (κ1) is 16.2. The lowest BCUT2D eigenvalue weighted by Crippen LogP contribution is -2.36. The second-order valence-corrected chi connectivity index (χ2v) is 7.38. The molecule has 2 atom stereocenters. The summed E-state index contributed by atoms with van der Waals surface area (Å²) in [5, 5.41) is 3.13. The molecule has 1 aromatic carbocycles. The van der Waals surface area contributed by atoms with Gasteiger partial charge in [-0.05, 0) is 18.4 Å². The van der Waals surface area contributed by atoms with Gasteiger partial charge in [-0.15, -0.1) is 0 Å². The molecule has 4 heteroatoms. The summed E-state index contributed by atoms with van der Waals surface area (Å²) in [5.74, 6) is 0.739.